The fourth-order valence-electron chi connectivity index (χ4n) is 1.72. The molecule has 3 unspecified atom stereocenters. The van der Waals surface area contributed by atoms with Gasteiger partial charge in [-0.15, -0.1) is 0 Å². The zero-order valence-electron chi connectivity index (χ0n) is 7.34. The first-order chi connectivity index (χ1) is 5.64. The van der Waals surface area contributed by atoms with Crippen molar-refractivity contribution in [2.45, 2.75) is 37.4 Å². The topological polar surface area (TPSA) is 0 Å². The van der Waals surface area contributed by atoms with Crippen molar-refractivity contribution in [2.75, 3.05) is 0 Å². The van der Waals surface area contributed by atoms with Crippen molar-refractivity contribution in [3.63, 3.8) is 0 Å². The molecule has 0 aromatic heterocycles. The van der Waals surface area contributed by atoms with Gasteiger partial charge >= 0.3 is 0 Å². The van der Waals surface area contributed by atoms with Crippen LogP contribution in [0, 0.1) is 0 Å². The predicted molar refractivity (Wildman–Crippen MR) is 67.8 cm³/mol. The number of hydrogen-bond acceptors (Lipinski definition) is 1. The first-order valence-corrected chi connectivity index (χ1v) is 9.06. The molecule has 4 heteroatoms. The fourth-order valence-corrected chi connectivity index (χ4v) is 6.42. The van der Waals surface area contributed by atoms with E-state index < -0.39 is 0 Å². The number of rotatable bonds is 2. The van der Waals surface area contributed by atoms with Gasteiger partial charge in [0, 0.05) is 4.75 Å². The van der Waals surface area contributed by atoms with E-state index in [9.17, 15) is 0 Å². The Kier molecular flexibility index (Phi) is 4.10. The summed E-state index contributed by atoms with van der Waals surface area (Å²) < 4.78 is 0.466. The Balaban J connectivity index is 2.92. The molecule has 0 aromatic rings. The van der Waals surface area contributed by atoms with Crippen LogP contribution in [0.25, 0.3) is 0 Å². The van der Waals surface area contributed by atoms with E-state index in [2.05, 4.69) is 21.9 Å². The molecule has 0 bridgehead atoms. The standard InChI is InChI=1S/C8H15PS3/c1-3-8(12(9)11-10)5-4-7(2)6-8/h2-6,9H2,1H3. The summed E-state index contributed by atoms with van der Waals surface area (Å²) in [4.78, 5) is 0. The van der Waals surface area contributed by atoms with Crippen LogP contribution in [0.4, 0.5) is 0 Å². The quantitative estimate of drug-likeness (QED) is 0.526. The van der Waals surface area contributed by atoms with Gasteiger partial charge in [-0.2, -0.15) is 0 Å². The molecule has 0 amide bonds. The van der Waals surface area contributed by atoms with E-state index in [-0.39, 0.29) is 9.07 Å². The van der Waals surface area contributed by atoms with Gasteiger partial charge in [0.2, 0.25) is 0 Å². The van der Waals surface area contributed by atoms with E-state index in [4.69, 9.17) is 11.2 Å². The molecule has 12 heavy (non-hydrogen) atoms. The molecule has 1 rings (SSSR count). The lowest BCUT2D eigenvalue weighted by atomic mass is 10.0. The normalized spacial score (nSPS) is 32.0. The maximum absolute atomic E-state index is 5.07. The number of allylic oxidation sites excluding steroid dienone is 1. The van der Waals surface area contributed by atoms with Crippen LogP contribution < -0.4 is 0 Å². The minimum atomic E-state index is 0.256. The van der Waals surface area contributed by atoms with Gasteiger partial charge in [-0.25, -0.2) is 0 Å². The lowest BCUT2D eigenvalue weighted by Gasteiger charge is -2.26. The summed E-state index contributed by atoms with van der Waals surface area (Å²) in [5.41, 5.74) is 1.42. The molecule has 0 nitrogen and oxygen atoms in total. The van der Waals surface area contributed by atoms with Crippen molar-refractivity contribution >= 4 is 37.6 Å². The van der Waals surface area contributed by atoms with Gasteiger partial charge in [0.1, 0.15) is 0 Å². The summed E-state index contributed by atoms with van der Waals surface area (Å²) in [6, 6.07) is 0. The zero-order valence-corrected chi connectivity index (χ0v) is 10.9. The molecular formula is C8H15PS3. The molecule has 0 heterocycles. The molecule has 0 saturated heterocycles. The Morgan fingerprint density at radius 2 is 2.50 bits per heavy atom. The lowest BCUT2D eigenvalue weighted by molar-refractivity contribution is 0.596. The molecule has 1 fully saturated rings. The molecular weight excluding hydrogens is 223 g/mol. The molecule has 0 radical (unpaired) electrons. The van der Waals surface area contributed by atoms with Crippen molar-refractivity contribution in [3.8, 4) is 0 Å². The lowest BCUT2D eigenvalue weighted by Crippen LogP contribution is -2.25. The van der Waals surface area contributed by atoms with E-state index in [0.717, 1.165) is 0 Å². The Morgan fingerprint density at radius 1 is 1.83 bits per heavy atom. The third-order valence-electron chi connectivity index (χ3n) is 2.65. The average Bonchev–Trinajstić information content (AvgIpc) is 2.47. The highest BCUT2D eigenvalue weighted by Gasteiger charge is 2.35. The van der Waals surface area contributed by atoms with E-state index in [1.54, 1.807) is 8.88 Å². The van der Waals surface area contributed by atoms with Crippen LogP contribution in [0.2, 0.25) is 0 Å². The van der Waals surface area contributed by atoms with Crippen LogP contribution in [0.5, 0.6) is 0 Å². The third kappa shape index (κ3) is 2.06. The Morgan fingerprint density at radius 3 is 2.83 bits per heavy atom. The predicted octanol–water partition coefficient (Wildman–Crippen LogP) is 2.74. The maximum Gasteiger partial charge on any atom is 0.0277 e. The van der Waals surface area contributed by atoms with Gasteiger partial charge < -0.3 is 0 Å². The second-order valence-corrected chi connectivity index (χ2v) is 10.1. The van der Waals surface area contributed by atoms with Gasteiger partial charge in [0.05, 0.1) is 0 Å². The van der Waals surface area contributed by atoms with E-state index >= 15 is 0 Å². The van der Waals surface area contributed by atoms with E-state index in [1.165, 1.54) is 31.3 Å². The monoisotopic (exact) mass is 238 g/mol. The van der Waals surface area contributed by atoms with Crippen molar-refractivity contribution in [1.82, 2.24) is 0 Å². The smallest absolute Gasteiger partial charge is 0.0277 e. The van der Waals surface area contributed by atoms with Crippen molar-refractivity contribution in [2.24, 2.45) is 0 Å². The summed E-state index contributed by atoms with van der Waals surface area (Å²) >= 11 is 5.07. The van der Waals surface area contributed by atoms with Crippen molar-refractivity contribution < 1.29 is 0 Å². The van der Waals surface area contributed by atoms with Gasteiger partial charge in [-0.1, -0.05) is 36.6 Å². The highest BCUT2D eigenvalue weighted by atomic mass is 33.2. The van der Waals surface area contributed by atoms with Gasteiger partial charge in [0.25, 0.3) is 0 Å². The van der Waals surface area contributed by atoms with Gasteiger partial charge in [-0.05, 0) is 45.8 Å². The third-order valence-corrected chi connectivity index (χ3v) is 10.7. The van der Waals surface area contributed by atoms with Crippen molar-refractivity contribution in [1.29, 1.82) is 0 Å². The highest BCUT2D eigenvalue weighted by Crippen LogP contribution is 2.42. The first-order valence-electron chi connectivity index (χ1n) is 4.10. The Hall–Kier alpha value is 0.960. The molecule has 0 aliphatic heterocycles. The highest BCUT2D eigenvalue weighted by molar-refractivity contribution is 8.67. The second-order valence-electron chi connectivity index (χ2n) is 3.33. The molecule has 1 aliphatic carbocycles. The maximum atomic E-state index is 5.07. The van der Waals surface area contributed by atoms with Crippen LogP contribution in [0.3, 0.4) is 0 Å². The van der Waals surface area contributed by atoms with Crippen LogP contribution in [-0.4, -0.2) is 4.75 Å². The molecule has 1 saturated carbocycles. The van der Waals surface area contributed by atoms with Crippen LogP contribution in [0.1, 0.15) is 32.6 Å². The van der Waals surface area contributed by atoms with E-state index in [1.807, 2.05) is 0 Å². The second kappa shape index (κ2) is 4.45. The summed E-state index contributed by atoms with van der Waals surface area (Å²) in [6.45, 7) is 6.34. The Labute approximate surface area is 87.0 Å². The SMILES string of the molecule is C=C1CCC(CC)(S(P)=S=S)C1. The summed E-state index contributed by atoms with van der Waals surface area (Å²) in [7, 11) is 4.75. The Bertz CT molecular complexity index is 255. The minimum absolute atomic E-state index is 0.256. The molecule has 3 atom stereocenters. The molecule has 1 aliphatic rings. The molecule has 70 valence electrons. The summed E-state index contributed by atoms with van der Waals surface area (Å²) in [6.07, 6.45) is 4.93. The molecule has 0 aromatic carbocycles. The molecule has 0 spiro atoms. The van der Waals surface area contributed by atoms with Crippen LogP contribution >= 0.6 is 8.44 Å². The summed E-state index contributed by atoms with van der Waals surface area (Å²) in [5, 5.41) is 0. The zero-order chi connectivity index (χ0) is 9.19. The number of hydrogen-bond donors (Lipinski definition) is 0. The van der Waals surface area contributed by atoms with Gasteiger partial charge in [-0.3, -0.25) is 0 Å². The largest absolute Gasteiger partial charge is 0.0998 e. The fraction of sp³-hybridized carbons (Fsp3) is 0.750. The van der Waals surface area contributed by atoms with Crippen molar-refractivity contribution in [3.05, 3.63) is 12.2 Å². The van der Waals surface area contributed by atoms with E-state index in [0.29, 0.717) is 4.75 Å². The summed E-state index contributed by atoms with van der Waals surface area (Å²) in [5.74, 6) is 0. The minimum Gasteiger partial charge on any atom is -0.0998 e. The van der Waals surface area contributed by atoms with Gasteiger partial charge in [0.15, 0.2) is 0 Å². The average molecular weight is 238 g/mol. The first kappa shape index (κ1) is 11.0. The molecule has 0 N–H and O–H groups in total. The van der Waals surface area contributed by atoms with Crippen LogP contribution in [-0.2, 0) is 29.1 Å². The van der Waals surface area contributed by atoms with Crippen LogP contribution in [0.15, 0.2) is 12.2 Å².